The van der Waals surface area contributed by atoms with Crippen molar-refractivity contribution >= 4 is 59.4 Å². The lowest BCUT2D eigenvalue weighted by atomic mass is 9.97. The second-order valence-electron chi connectivity index (χ2n) is 10.2. The Morgan fingerprint density at radius 1 is 1.35 bits per heavy atom. The predicted molar refractivity (Wildman–Crippen MR) is 180 cm³/mol. The number of anilines is 1. The summed E-state index contributed by atoms with van der Waals surface area (Å²) in [5.74, 6) is 1.32. The molecule has 1 fully saturated rings. The van der Waals surface area contributed by atoms with E-state index >= 15 is 0 Å². The number of piperidine rings is 1. The van der Waals surface area contributed by atoms with Crippen molar-refractivity contribution in [2.75, 3.05) is 45.6 Å². The normalized spacial score (nSPS) is 15.0. The Balaban J connectivity index is 0.000000651. The van der Waals surface area contributed by atoms with Gasteiger partial charge in [0.05, 0.1) is 46.4 Å². The van der Waals surface area contributed by atoms with Crippen molar-refractivity contribution in [1.82, 2.24) is 20.2 Å². The second kappa shape index (κ2) is 19.9. The number of ether oxygens (including phenoxy) is 2. The van der Waals surface area contributed by atoms with Crippen LogP contribution < -0.4 is 10.6 Å². The first-order chi connectivity index (χ1) is 20.5. The number of thioether (sulfide) groups is 1. The molecule has 1 amide bonds. The van der Waals surface area contributed by atoms with E-state index in [9.17, 15) is 4.79 Å². The Bertz CT molecular complexity index is 1200. The number of likely N-dealkylation sites (tertiary alicyclic amines) is 1. The zero-order valence-electron chi connectivity index (χ0n) is 26.7. The molecule has 11 nitrogen and oxygen atoms in total. The number of carbonyl (C=O) groups excluding carboxylic acids is 2. The van der Waals surface area contributed by atoms with Gasteiger partial charge in [0.15, 0.2) is 0 Å². The SMILES string of the molecule is C=N/C(=C\SCNc1ccc(C(=O)N2CCC(=N)C[C@@H]2CC)cn1)c1sc(C)nc1C.CNC(C)(C)COC.COC=O. The number of pyridine rings is 1. The molecule has 1 aliphatic rings. The largest absolute Gasteiger partial charge is 0.471 e. The lowest BCUT2D eigenvalue weighted by Crippen LogP contribution is -2.46. The number of methoxy groups -OCH3 is 2. The maximum Gasteiger partial charge on any atom is 0.292 e. The third-order valence-corrected chi connectivity index (χ3v) is 8.23. The number of carbonyl (C=O) groups is 2. The van der Waals surface area contributed by atoms with Crippen LogP contribution >= 0.6 is 23.1 Å². The van der Waals surface area contributed by atoms with E-state index in [1.165, 1.54) is 7.11 Å². The van der Waals surface area contributed by atoms with Gasteiger partial charge in [-0.05, 0) is 65.4 Å². The molecular weight excluding hydrogens is 587 g/mol. The van der Waals surface area contributed by atoms with E-state index < -0.39 is 0 Å². The number of thiazole rings is 1. The lowest BCUT2D eigenvalue weighted by molar-refractivity contribution is -0.126. The molecule has 0 radical (unpaired) electrons. The summed E-state index contributed by atoms with van der Waals surface area (Å²) in [5, 5.41) is 17.2. The quantitative estimate of drug-likeness (QED) is 0.121. The number of aromatic nitrogens is 2. The third kappa shape index (κ3) is 13.4. The lowest BCUT2D eigenvalue weighted by Gasteiger charge is -2.35. The van der Waals surface area contributed by atoms with Gasteiger partial charge in [0, 0.05) is 50.0 Å². The van der Waals surface area contributed by atoms with E-state index in [0.29, 0.717) is 43.1 Å². The second-order valence-corrected chi connectivity index (χ2v) is 12.3. The molecule has 1 saturated heterocycles. The van der Waals surface area contributed by atoms with Gasteiger partial charge in [-0.2, -0.15) is 0 Å². The average molecular weight is 634 g/mol. The van der Waals surface area contributed by atoms with Gasteiger partial charge in [-0.3, -0.25) is 14.6 Å². The minimum atomic E-state index is -0.00683. The fraction of sp³-hybridized carbons (Fsp3) is 0.533. The smallest absolute Gasteiger partial charge is 0.292 e. The summed E-state index contributed by atoms with van der Waals surface area (Å²) in [7, 11) is 4.95. The molecule has 3 heterocycles. The van der Waals surface area contributed by atoms with Crippen molar-refractivity contribution in [2.24, 2.45) is 4.99 Å². The molecule has 1 aliphatic heterocycles. The number of hydrogen-bond donors (Lipinski definition) is 3. The van der Waals surface area contributed by atoms with Crippen LogP contribution in [0.25, 0.3) is 5.70 Å². The Morgan fingerprint density at radius 2 is 2.05 bits per heavy atom. The van der Waals surface area contributed by atoms with E-state index in [1.807, 2.05) is 43.3 Å². The van der Waals surface area contributed by atoms with Crippen LogP contribution in [0.4, 0.5) is 5.82 Å². The minimum Gasteiger partial charge on any atom is -0.471 e. The molecular formula is C30H47N7O4S2. The van der Waals surface area contributed by atoms with Crippen LogP contribution in [0.15, 0.2) is 28.7 Å². The summed E-state index contributed by atoms with van der Waals surface area (Å²) in [6.07, 6.45) is 3.80. The monoisotopic (exact) mass is 633 g/mol. The predicted octanol–water partition coefficient (Wildman–Crippen LogP) is 5.41. The highest BCUT2D eigenvalue weighted by molar-refractivity contribution is 8.02. The van der Waals surface area contributed by atoms with Gasteiger partial charge in [0.1, 0.15) is 5.82 Å². The van der Waals surface area contributed by atoms with Crippen LogP contribution in [0.3, 0.4) is 0 Å². The molecule has 3 rings (SSSR count). The van der Waals surface area contributed by atoms with Crippen LogP contribution in [0, 0.1) is 19.3 Å². The van der Waals surface area contributed by atoms with Gasteiger partial charge in [-0.25, -0.2) is 9.97 Å². The Hall–Kier alpha value is -3.13. The maximum atomic E-state index is 12.9. The van der Waals surface area contributed by atoms with Gasteiger partial charge >= 0.3 is 0 Å². The number of likely N-dealkylation sites (N-methyl/N-ethyl adjacent to an activating group) is 1. The minimum absolute atomic E-state index is 0.00683. The average Bonchev–Trinajstić information content (AvgIpc) is 3.34. The molecule has 0 unspecified atom stereocenters. The maximum absolute atomic E-state index is 12.9. The van der Waals surface area contributed by atoms with Crippen LogP contribution in [0.5, 0.6) is 0 Å². The number of aliphatic imine (C=N–C) groups is 1. The van der Waals surface area contributed by atoms with Crippen LogP contribution in [0.2, 0.25) is 0 Å². The van der Waals surface area contributed by atoms with Gasteiger partial charge in [0.2, 0.25) is 0 Å². The zero-order chi connectivity index (χ0) is 32.4. The zero-order valence-corrected chi connectivity index (χ0v) is 28.3. The Kier molecular flexibility index (Phi) is 17.6. The molecule has 1 atom stereocenters. The first-order valence-corrected chi connectivity index (χ1v) is 15.8. The number of nitrogens with one attached hydrogen (secondary N) is 3. The highest BCUT2D eigenvalue weighted by Crippen LogP contribution is 2.28. The van der Waals surface area contributed by atoms with Crippen molar-refractivity contribution < 1.29 is 19.1 Å². The van der Waals surface area contributed by atoms with Crippen molar-refractivity contribution in [3.8, 4) is 0 Å². The molecule has 2 aromatic heterocycles. The van der Waals surface area contributed by atoms with Crippen LogP contribution in [-0.4, -0.2) is 91.6 Å². The number of nitrogens with zero attached hydrogens (tertiary/aromatic N) is 4. The van der Waals surface area contributed by atoms with Crippen LogP contribution in [-0.2, 0) is 14.3 Å². The fourth-order valence-corrected chi connectivity index (χ4v) is 5.60. The highest BCUT2D eigenvalue weighted by Gasteiger charge is 2.28. The molecule has 238 valence electrons. The number of aryl methyl sites for hydroxylation is 2. The Morgan fingerprint density at radius 3 is 2.51 bits per heavy atom. The number of hydrogen-bond acceptors (Lipinski definition) is 12. The Labute approximate surface area is 264 Å². The molecule has 3 N–H and O–H groups in total. The van der Waals surface area contributed by atoms with Crippen molar-refractivity contribution in [2.45, 2.75) is 65.5 Å². The molecule has 0 spiro atoms. The van der Waals surface area contributed by atoms with Gasteiger partial charge < -0.3 is 30.4 Å². The van der Waals surface area contributed by atoms with E-state index in [2.05, 4.69) is 57.8 Å². The molecule has 0 saturated carbocycles. The summed E-state index contributed by atoms with van der Waals surface area (Å²) in [6.45, 7) is 15.6. The van der Waals surface area contributed by atoms with E-state index in [4.69, 9.17) is 14.9 Å². The standard InChI is InChI=1S/C22H28N6OS2.C6H15NO.C2H4O2/c1-5-18-10-17(23)8-9-28(18)22(29)16-6-7-20(25-11-16)26-13-30-12-19(24-4)21-14(2)27-15(3)31-21;1-6(2,7-3)5-8-4;1-4-2-3/h6-7,11-12,18,23H,4-5,8-10,13H2,1-3H3,(H,25,26);7H,5H2,1-4H3;2H,1H3/b19-12-,23-17?;;/t18-;;/m0../s1. The van der Waals surface area contributed by atoms with Gasteiger partial charge in [0.25, 0.3) is 12.4 Å². The summed E-state index contributed by atoms with van der Waals surface area (Å²) in [5.41, 5.74) is 3.22. The van der Waals surface area contributed by atoms with Crippen molar-refractivity contribution in [1.29, 1.82) is 5.41 Å². The topological polar surface area (TPSA) is 142 Å². The molecule has 2 aromatic rings. The fourth-order valence-electron chi connectivity index (χ4n) is 3.96. The molecule has 0 aromatic carbocycles. The van der Waals surface area contributed by atoms with E-state index in [1.54, 1.807) is 36.4 Å². The molecule has 0 bridgehead atoms. The summed E-state index contributed by atoms with van der Waals surface area (Å²) < 4.78 is 8.80. The van der Waals surface area contributed by atoms with Gasteiger partial charge in [-0.1, -0.05) is 6.92 Å². The molecule has 13 heteroatoms. The van der Waals surface area contributed by atoms with Gasteiger partial charge in [-0.15, -0.1) is 23.1 Å². The third-order valence-electron chi connectivity index (χ3n) is 6.44. The summed E-state index contributed by atoms with van der Waals surface area (Å²) >= 11 is 3.18. The first kappa shape index (κ1) is 37.9. The molecule has 0 aliphatic carbocycles. The van der Waals surface area contributed by atoms with Crippen LogP contribution in [0.1, 0.15) is 66.0 Å². The molecule has 43 heavy (non-hydrogen) atoms. The first-order valence-electron chi connectivity index (χ1n) is 13.9. The number of amides is 1. The summed E-state index contributed by atoms with van der Waals surface area (Å²) in [4.78, 5) is 37.7. The van der Waals surface area contributed by atoms with Crippen molar-refractivity contribution in [3.63, 3.8) is 0 Å². The highest BCUT2D eigenvalue weighted by atomic mass is 32.2. The van der Waals surface area contributed by atoms with E-state index in [0.717, 1.165) is 40.0 Å². The van der Waals surface area contributed by atoms with E-state index in [-0.39, 0.29) is 17.5 Å². The number of rotatable bonds is 12. The van der Waals surface area contributed by atoms with Crippen molar-refractivity contribution in [3.05, 3.63) is 44.9 Å². The summed E-state index contributed by atoms with van der Waals surface area (Å²) in [6, 6.07) is 3.74.